The quantitative estimate of drug-likeness (QED) is 0.626. The van der Waals surface area contributed by atoms with Crippen LogP contribution < -0.4 is 0 Å². The van der Waals surface area contributed by atoms with E-state index >= 15 is 0 Å². The summed E-state index contributed by atoms with van der Waals surface area (Å²) in [7, 11) is 0. The third kappa shape index (κ3) is 1.77. The fourth-order valence-corrected chi connectivity index (χ4v) is 6.11. The van der Waals surface area contributed by atoms with E-state index in [2.05, 4.69) is 0 Å². The lowest BCUT2D eigenvalue weighted by Crippen LogP contribution is -2.42. The van der Waals surface area contributed by atoms with Crippen molar-refractivity contribution in [2.45, 2.75) is 64.2 Å². The van der Waals surface area contributed by atoms with Crippen LogP contribution in [-0.4, -0.2) is 5.78 Å². The van der Waals surface area contributed by atoms with Crippen molar-refractivity contribution in [2.75, 3.05) is 0 Å². The summed E-state index contributed by atoms with van der Waals surface area (Å²) >= 11 is 0. The normalized spacial score (nSPS) is 51.4. The lowest BCUT2D eigenvalue weighted by Gasteiger charge is -2.49. The highest BCUT2D eigenvalue weighted by Gasteiger charge is 2.47. The van der Waals surface area contributed by atoms with Gasteiger partial charge < -0.3 is 0 Å². The number of hydrogen-bond acceptors (Lipinski definition) is 1. The van der Waals surface area contributed by atoms with Crippen LogP contribution in [0.5, 0.6) is 0 Å². The first-order valence-electron chi connectivity index (χ1n) is 8.33. The molecule has 4 fully saturated rings. The van der Waals surface area contributed by atoms with E-state index in [1.165, 1.54) is 51.4 Å². The summed E-state index contributed by atoms with van der Waals surface area (Å²) in [5.41, 5.74) is 0. The summed E-state index contributed by atoms with van der Waals surface area (Å²) in [4.78, 5) is 11.7. The monoisotopic (exact) mass is 246 g/mol. The first kappa shape index (κ1) is 11.5. The Morgan fingerprint density at radius 1 is 0.722 bits per heavy atom. The molecular formula is C17H26O. The second kappa shape index (κ2) is 4.35. The lowest BCUT2D eigenvalue weighted by molar-refractivity contribution is -0.125. The van der Waals surface area contributed by atoms with E-state index in [1.54, 1.807) is 0 Å². The van der Waals surface area contributed by atoms with Crippen molar-refractivity contribution >= 4 is 5.78 Å². The fourth-order valence-electron chi connectivity index (χ4n) is 6.11. The zero-order valence-electron chi connectivity index (χ0n) is 11.4. The lowest BCUT2D eigenvalue weighted by atomic mass is 9.55. The zero-order chi connectivity index (χ0) is 12.1. The molecule has 4 rings (SSSR count). The SMILES string of the molecule is O=C1CCC2CC3C(CCC4CCCC43)CC2C1. The number of carbonyl (C=O) groups is 1. The highest BCUT2D eigenvalue weighted by atomic mass is 16.1. The maximum absolute atomic E-state index is 11.7. The second-order valence-corrected chi connectivity index (χ2v) is 7.63. The smallest absolute Gasteiger partial charge is 0.133 e. The zero-order valence-corrected chi connectivity index (χ0v) is 11.4. The highest BCUT2D eigenvalue weighted by Crippen LogP contribution is 2.56. The summed E-state index contributed by atoms with van der Waals surface area (Å²) in [5.74, 6) is 6.49. The number of carbonyl (C=O) groups excluding carboxylic acids is 1. The van der Waals surface area contributed by atoms with E-state index in [1.807, 2.05) is 0 Å². The van der Waals surface area contributed by atoms with E-state index in [0.717, 1.165) is 48.3 Å². The van der Waals surface area contributed by atoms with Crippen LogP contribution in [-0.2, 0) is 4.79 Å². The van der Waals surface area contributed by atoms with Gasteiger partial charge in [0.25, 0.3) is 0 Å². The van der Waals surface area contributed by atoms with Crippen LogP contribution in [0.1, 0.15) is 64.2 Å². The Kier molecular flexibility index (Phi) is 2.78. The number of rotatable bonds is 0. The van der Waals surface area contributed by atoms with Crippen LogP contribution in [0.4, 0.5) is 0 Å². The Labute approximate surface area is 111 Å². The Morgan fingerprint density at radius 2 is 1.61 bits per heavy atom. The van der Waals surface area contributed by atoms with Gasteiger partial charge in [0.05, 0.1) is 0 Å². The minimum atomic E-state index is 0.559. The maximum Gasteiger partial charge on any atom is 0.133 e. The molecule has 1 nitrogen and oxygen atoms in total. The van der Waals surface area contributed by atoms with E-state index < -0.39 is 0 Å². The van der Waals surface area contributed by atoms with Crippen LogP contribution in [0.25, 0.3) is 0 Å². The first-order chi connectivity index (χ1) is 8.81. The van der Waals surface area contributed by atoms with Crippen LogP contribution in [0.2, 0.25) is 0 Å². The molecule has 6 atom stereocenters. The van der Waals surface area contributed by atoms with Gasteiger partial charge in [-0.15, -0.1) is 0 Å². The van der Waals surface area contributed by atoms with Crippen LogP contribution >= 0.6 is 0 Å². The molecule has 0 amide bonds. The molecule has 1 heteroatoms. The third-order valence-electron chi connectivity index (χ3n) is 6.91. The van der Waals surface area contributed by atoms with Gasteiger partial charge in [-0.25, -0.2) is 0 Å². The number of fused-ring (bicyclic) bond motifs is 4. The molecule has 4 saturated carbocycles. The summed E-state index contributed by atoms with van der Waals surface area (Å²) < 4.78 is 0. The van der Waals surface area contributed by atoms with E-state index in [9.17, 15) is 4.79 Å². The van der Waals surface area contributed by atoms with Gasteiger partial charge in [0.15, 0.2) is 0 Å². The van der Waals surface area contributed by atoms with Gasteiger partial charge in [-0.1, -0.05) is 12.8 Å². The second-order valence-electron chi connectivity index (χ2n) is 7.63. The summed E-state index contributed by atoms with van der Waals surface area (Å²) in [6.45, 7) is 0. The molecule has 6 unspecified atom stereocenters. The molecule has 100 valence electrons. The molecule has 0 radical (unpaired) electrons. The first-order valence-corrected chi connectivity index (χ1v) is 8.33. The van der Waals surface area contributed by atoms with Crippen LogP contribution in [0.15, 0.2) is 0 Å². The maximum atomic E-state index is 11.7. The van der Waals surface area contributed by atoms with E-state index in [4.69, 9.17) is 0 Å². The van der Waals surface area contributed by atoms with Crippen LogP contribution in [0, 0.1) is 35.5 Å². The van der Waals surface area contributed by atoms with Gasteiger partial charge in [-0.2, -0.15) is 0 Å². The van der Waals surface area contributed by atoms with Crippen LogP contribution in [0.3, 0.4) is 0 Å². The minimum Gasteiger partial charge on any atom is -0.300 e. The molecule has 18 heavy (non-hydrogen) atoms. The predicted octanol–water partition coefficient (Wildman–Crippen LogP) is 4.21. The van der Waals surface area contributed by atoms with E-state index in [-0.39, 0.29) is 0 Å². The summed E-state index contributed by atoms with van der Waals surface area (Å²) in [5, 5.41) is 0. The Hall–Kier alpha value is -0.330. The molecule has 0 aromatic heterocycles. The molecule has 0 saturated heterocycles. The van der Waals surface area contributed by atoms with Crippen molar-refractivity contribution in [3.05, 3.63) is 0 Å². The largest absolute Gasteiger partial charge is 0.300 e. The molecule has 0 aromatic rings. The van der Waals surface area contributed by atoms with Gasteiger partial charge >= 0.3 is 0 Å². The average molecular weight is 246 g/mol. The standard InChI is InChI=1S/C17H26O/c18-15-7-6-12-10-17-13(8-14(12)9-15)5-4-11-2-1-3-16(11)17/h11-14,16-17H,1-10H2. The fraction of sp³-hybridized carbons (Fsp3) is 0.941. The van der Waals surface area contributed by atoms with Crippen molar-refractivity contribution in [1.29, 1.82) is 0 Å². The predicted molar refractivity (Wildman–Crippen MR) is 72.1 cm³/mol. The summed E-state index contributed by atoms with van der Waals surface area (Å²) in [6.07, 6.45) is 13.5. The average Bonchev–Trinajstić information content (AvgIpc) is 2.85. The Balaban J connectivity index is 1.52. The van der Waals surface area contributed by atoms with E-state index in [0.29, 0.717) is 5.78 Å². The summed E-state index contributed by atoms with van der Waals surface area (Å²) in [6, 6.07) is 0. The van der Waals surface area contributed by atoms with Gasteiger partial charge in [0, 0.05) is 12.8 Å². The molecule has 0 bridgehead atoms. The van der Waals surface area contributed by atoms with Gasteiger partial charge in [-0.05, 0) is 74.0 Å². The number of Topliss-reactive ketones (excluding diaryl/α,β-unsaturated/α-hetero) is 1. The Bertz CT molecular complexity index is 348. The third-order valence-corrected chi connectivity index (χ3v) is 6.91. The van der Waals surface area contributed by atoms with Crippen molar-refractivity contribution in [3.8, 4) is 0 Å². The van der Waals surface area contributed by atoms with Crippen molar-refractivity contribution in [1.82, 2.24) is 0 Å². The molecule has 4 aliphatic carbocycles. The minimum absolute atomic E-state index is 0.559. The van der Waals surface area contributed by atoms with Crippen molar-refractivity contribution < 1.29 is 4.79 Å². The van der Waals surface area contributed by atoms with Gasteiger partial charge in [0.1, 0.15) is 5.78 Å². The highest BCUT2D eigenvalue weighted by molar-refractivity contribution is 5.79. The molecule has 4 aliphatic rings. The molecular weight excluding hydrogens is 220 g/mol. The van der Waals surface area contributed by atoms with Crippen molar-refractivity contribution in [2.24, 2.45) is 35.5 Å². The molecule has 0 N–H and O–H groups in total. The van der Waals surface area contributed by atoms with Crippen molar-refractivity contribution in [3.63, 3.8) is 0 Å². The Morgan fingerprint density at radius 3 is 2.56 bits per heavy atom. The van der Waals surface area contributed by atoms with Gasteiger partial charge in [-0.3, -0.25) is 4.79 Å². The molecule has 0 aliphatic heterocycles. The number of hydrogen-bond donors (Lipinski definition) is 0. The molecule has 0 spiro atoms. The molecule has 0 aromatic carbocycles. The topological polar surface area (TPSA) is 17.1 Å². The number of ketones is 1. The molecule has 0 heterocycles. The van der Waals surface area contributed by atoms with Gasteiger partial charge in [0.2, 0.25) is 0 Å².